The van der Waals surface area contributed by atoms with Crippen LogP contribution in [-0.2, 0) is 17.5 Å². The molecule has 3 heterocycles. The molecule has 4 rings (SSSR count). The molecule has 7 nitrogen and oxygen atoms in total. The van der Waals surface area contributed by atoms with Gasteiger partial charge in [-0.25, -0.2) is 14.8 Å². The maximum atomic E-state index is 13.1. The topological polar surface area (TPSA) is 61.8 Å². The van der Waals surface area contributed by atoms with Crippen molar-refractivity contribution in [3.63, 3.8) is 0 Å². The maximum absolute atomic E-state index is 13.1. The van der Waals surface area contributed by atoms with Crippen molar-refractivity contribution in [3.8, 4) is 0 Å². The molecule has 2 saturated heterocycles. The molecule has 0 saturated carbocycles. The van der Waals surface area contributed by atoms with Crippen molar-refractivity contribution < 1.29 is 22.7 Å². The Morgan fingerprint density at radius 2 is 1.74 bits per heavy atom. The van der Waals surface area contributed by atoms with Crippen molar-refractivity contribution >= 4 is 11.9 Å². The van der Waals surface area contributed by atoms with Crippen LogP contribution >= 0.6 is 0 Å². The lowest BCUT2D eigenvalue weighted by atomic mass is 9.93. The number of likely N-dealkylation sites (tertiary alicyclic amines) is 1. The number of carbonyl (C=O) groups is 1. The molecular weight excluding hydrogens is 459 g/mol. The first-order valence-electron chi connectivity index (χ1n) is 12.0. The highest BCUT2D eigenvalue weighted by atomic mass is 19.4. The maximum Gasteiger partial charge on any atom is 0.434 e. The van der Waals surface area contributed by atoms with E-state index in [0.29, 0.717) is 18.9 Å². The number of hydrogen-bond acceptors (Lipinski definition) is 6. The number of aromatic nitrogens is 2. The van der Waals surface area contributed by atoms with Gasteiger partial charge in [0.15, 0.2) is 5.69 Å². The quantitative estimate of drug-likeness (QED) is 0.624. The van der Waals surface area contributed by atoms with Gasteiger partial charge in [-0.1, -0.05) is 30.3 Å². The number of ether oxygens (including phenoxy) is 1. The second kappa shape index (κ2) is 10.0. The number of amides is 1. The van der Waals surface area contributed by atoms with Gasteiger partial charge in [0.25, 0.3) is 0 Å². The van der Waals surface area contributed by atoms with E-state index in [1.165, 1.54) is 5.56 Å². The molecule has 0 spiro atoms. The molecule has 190 valence electrons. The number of alkyl halides is 3. The Morgan fingerprint density at radius 1 is 1.06 bits per heavy atom. The van der Waals surface area contributed by atoms with Gasteiger partial charge in [0.1, 0.15) is 11.4 Å². The van der Waals surface area contributed by atoms with Crippen molar-refractivity contribution in [2.24, 2.45) is 0 Å². The highest BCUT2D eigenvalue weighted by Crippen LogP contribution is 2.30. The van der Waals surface area contributed by atoms with Crippen LogP contribution in [0.15, 0.2) is 42.7 Å². The third-order valence-electron chi connectivity index (χ3n) is 6.94. The molecule has 10 heteroatoms. The average molecular weight is 492 g/mol. The Morgan fingerprint density at radius 3 is 2.34 bits per heavy atom. The minimum atomic E-state index is -4.53. The molecule has 2 atom stereocenters. The molecular formula is C25H32F3N5O2. The molecule has 0 aliphatic carbocycles. The van der Waals surface area contributed by atoms with Crippen LogP contribution < -0.4 is 4.90 Å². The van der Waals surface area contributed by atoms with Crippen molar-refractivity contribution in [2.45, 2.75) is 64.0 Å². The van der Waals surface area contributed by atoms with E-state index in [0.717, 1.165) is 44.9 Å². The average Bonchev–Trinajstić information content (AvgIpc) is 2.82. The van der Waals surface area contributed by atoms with E-state index < -0.39 is 17.5 Å². The SMILES string of the molecule is C[C@@H]1CN(c2cnc(C(F)(F)F)cn2)[C@@H](C)CN1C(=O)OC1(C)CCN(Cc2ccccc2)CC1. The molecule has 0 bridgehead atoms. The molecule has 2 fully saturated rings. The van der Waals surface area contributed by atoms with Crippen LogP contribution in [0.5, 0.6) is 0 Å². The third kappa shape index (κ3) is 6.04. The molecule has 2 aromatic rings. The molecule has 1 aromatic carbocycles. The first-order valence-corrected chi connectivity index (χ1v) is 12.0. The van der Waals surface area contributed by atoms with Gasteiger partial charge in [-0.15, -0.1) is 0 Å². The van der Waals surface area contributed by atoms with E-state index in [4.69, 9.17) is 4.74 Å². The van der Waals surface area contributed by atoms with Crippen LogP contribution in [0.2, 0.25) is 0 Å². The van der Waals surface area contributed by atoms with Crippen molar-refractivity contribution in [1.29, 1.82) is 0 Å². The minimum Gasteiger partial charge on any atom is -0.443 e. The molecule has 35 heavy (non-hydrogen) atoms. The van der Waals surface area contributed by atoms with E-state index in [1.54, 1.807) is 4.90 Å². The zero-order chi connectivity index (χ0) is 25.2. The van der Waals surface area contributed by atoms with E-state index in [2.05, 4.69) is 27.0 Å². The van der Waals surface area contributed by atoms with Gasteiger partial charge in [0.2, 0.25) is 0 Å². The number of carbonyl (C=O) groups excluding carboxylic acids is 1. The summed E-state index contributed by atoms with van der Waals surface area (Å²) in [5.41, 5.74) is -0.276. The predicted octanol–water partition coefficient (Wildman–Crippen LogP) is 4.59. The summed E-state index contributed by atoms with van der Waals surface area (Å²) < 4.78 is 44.4. The van der Waals surface area contributed by atoms with E-state index in [1.807, 2.05) is 43.9 Å². The van der Waals surface area contributed by atoms with Gasteiger partial charge in [-0.05, 0) is 39.2 Å². The Kier molecular flexibility index (Phi) is 7.21. The summed E-state index contributed by atoms with van der Waals surface area (Å²) in [5.74, 6) is 0.364. The second-order valence-corrected chi connectivity index (χ2v) is 9.84. The number of rotatable bonds is 4. The lowest BCUT2D eigenvalue weighted by Crippen LogP contribution is -2.59. The third-order valence-corrected chi connectivity index (χ3v) is 6.94. The summed E-state index contributed by atoms with van der Waals surface area (Å²) in [4.78, 5) is 26.6. The number of nitrogens with zero attached hydrogens (tertiary/aromatic N) is 5. The van der Waals surface area contributed by atoms with Crippen molar-refractivity contribution in [3.05, 3.63) is 54.0 Å². The second-order valence-electron chi connectivity index (χ2n) is 9.84. The Balaban J connectivity index is 1.32. The zero-order valence-corrected chi connectivity index (χ0v) is 20.3. The van der Waals surface area contributed by atoms with E-state index >= 15 is 0 Å². The number of anilines is 1. The molecule has 2 aliphatic rings. The zero-order valence-electron chi connectivity index (χ0n) is 20.3. The first kappa shape index (κ1) is 25.2. The lowest BCUT2D eigenvalue weighted by molar-refractivity contribution is -0.141. The lowest BCUT2D eigenvalue weighted by Gasteiger charge is -2.46. The van der Waals surface area contributed by atoms with Gasteiger partial charge in [0, 0.05) is 44.8 Å². The van der Waals surface area contributed by atoms with Crippen LogP contribution in [0.4, 0.5) is 23.8 Å². The van der Waals surface area contributed by atoms with E-state index in [-0.39, 0.29) is 18.2 Å². The summed E-state index contributed by atoms with van der Waals surface area (Å²) in [5, 5.41) is 0. The van der Waals surface area contributed by atoms with Crippen molar-refractivity contribution in [2.75, 3.05) is 31.1 Å². The van der Waals surface area contributed by atoms with Gasteiger partial charge >= 0.3 is 12.3 Å². The van der Waals surface area contributed by atoms with Gasteiger partial charge in [-0.2, -0.15) is 13.2 Å². The van der Waals surface area contributed by atoms with Crippen LogP contribution in [-0.4, -0.2) is 69.7 Å². The Hall–Kier alpha value is -2.88. The molecule has 1 amide bonds. The molecule has 2 aliphatic heterocycles. The largest absolute Gasteiger partial charge is 0.443 e. The fourth-order valence-electron chi connectivity index (χ4n) is 4.71. The molecule has 0 N–H and O–H groups in total. The van der Waals surface area contributed by atoms with Gasteiger partial charge in [-0.3, -0.25) is 4.90 Å². The van der Waals surface area contributed by atoms with Crippen LogP contribution in [0.25, 0.3) is 0 Å². The Bertz CT molecular complexity index is 994. The number of hydrogen-bond donors (Lipinski definition) is 0. The summed E-state index contributed by atoms with van der Waals surface area (Å²) in [6.45, 7) is 9.21. The van der Waals surface area contributed by atoms with Crippen LogP contribution in [0.1, 0.15) is 44.9 Å². The van der Waals surface area contributed by atoms with Crippen LogP contribution in [0, 0.1) is 0 Å². The van der Waals surface area contributed by atoms with E-state index in [9.17, 15) is 18.0 Å². The van der Waals surface area contributed by atoms with Crippen LogP contribution in [0.3, 0.4) is 0 Å². The predicted molar refractivity (Wildman–Crippen MR) is 126 cm³/mol. The summed E-state index contributed by atoms with van der Waals surface area (Å²) in [6.07, 6.45) is -1.46. The first-order chi connectivity index (χ1) is 16.5. The standard InChI is InChI=1S/C25H32F3N5O2/c1-18-16-33(19(2)15-32(18)22-14-29-21(13-30-22)25(26,27)28)23(34)35-24(3)9-11-31(12-10-24)17-20-7-5-4-6-8-20/h4-8,13-14,18-19H,9-12,15-17H2,1-3H3/t18-,19+/m0/s1. The summed E-state index contributed by atoms with van der Waals surface area (Å²) in [6, 6.07) is 9.98. The fraction of sp³-hybridized carbons (Fsp3) is 0.560. The van der Waals surface area contributed by atoms with Crippen molar-refractivity contribution in [1.82, 2.24) is 19.8 Å². The number of piperazine rings is 1. The summed E-state index contributed by atoms with van der Waals surface area (Å²) in [7, 11) is 0. The highest BCUT2D eigenvalue weighted by Gasteiger charge is 2.39. The van der Waals surface area contributed by atoms with Gasteiger partial charge < -0.3 is 14.5 Å². The number of benzene rings is 1. The van der Waals surface area contributed by atoms with Gasteiger partial charge in [0.05, 0.1) is 12.4 Å². The molecule has 0 radical (unpaired) electrons. The highest BCUT2D eigenvalue weighted by molar-refractivity contribution is 5.69. The monoisotopic (exact) mass is 491 g/mol. The Labute approximate surface area is 203 Å². The normalized spacial score (nSPS) is 23.3. The number of halogens is 3. The number of piperidine rings is 1. The summed E-state index contributed by atoms with van der Waals surface area (Å²) >= 11 is 0. The molecule has 1 aromatic heterocycles. The smallest absolute Gasteiger partial charge is 0.434 e. The minimum absolute atomic E-state index is 0.148. The fourth-order valence-corrected chi connectivity index (χ4v) is 4.71. The molecule has 0 unspecified atom stereocenters.